The van der Waals surface area contributed by atoms with Gasteiger partial charge in [0.2, 0.25) is 0 Å². The maximum absolute atomic E-state index is 11.9. The largest absolute Gasteiger partial charge is 0.379 e. The Balaban J connectivity index is 0.00000144. The van der Waals surface area contributed by atoms with E-state index in [1.165, 1.54) is 0 Å². The van der Waals surface area contributed by atoms with Crippen molar-refractivity contribution in [3.05, 3.63) is 34.3 Å². The highest BCUT2D eigenvalue weighted by atomic mass is 79.9. The summed E-state index contributed by atoms with van der Waals surface area (Å²) in [6.07, 6.45) is 0. The van der Waals surface area contributed by atoms with Crippen molar-refractivity contribution < 1.29 is 9.53 Å². The van der Waals surface area contributed by atoms with E-state index in [-0.39, 0.29) is 22.8 Å². The predicted molar refractivity (Wildman–Crippen MR) is 76.1 cm³/mol. The molecule has 1 heterocycles. The van der Waals surface area contributed by atoms with E-state index >= 15 is 0 Å². The summed E-state index contributed by atoms with van der Waals surface area (Å²) in [6.45, 7) is 3.65. The average molecular weight is 365 g/mol. The Labute approximate surface area is 120 Å². The summed E-state index contributed by atoms with van der Waals surface area (Å²) >= 11 is 3.35. The maximum atomic E-state index is 11.9. The van der Waals surface area contributed by atoms with Crippen LogP contribution in [-0.4, -0.2) is 43.5 Å². The summed E-state index contributed by atoms with van der Waals surface area (Å²) in [5.74, 6) is 0.175. The number of rotatable bonds is 3. The Hall–Kier alpha value is -0.230. The lowest BCUT2D eigenvalue weighted by atomic mass is 10.1. The second kappa shape index (κ2) is 7.26. The number of hydrogen-bond acceptors (Lipinski definition) is 3. The van der Waals surface area contributed by atoms with Crippen LogP contribution in [-0.2, 0) is 4.74 Å². The average Bonchev–Trinajstić information content (AvgIpc) is 2.31. The molecule has 0 spiro atoms. The van der Waals surface area contributed by atoms with Crippen LogP contribution >= 0.6 is 32.9 Å². The van der Waals surface area contributed by atoms with Gasteiger partial charge in [-0.1, -0.05) is 28.1 Å². The predicted octanol–water partition coefficient (Wildman–Crippen LogP) is 2.54. The lowest BCUT2D eigenvalue weighted by molar-refractivity contribution is 0.0371. The van der Waals surface area contributed by atoms with Crippen molar-refractivity contribution in [2.45, 2.75) is 0 Å². The third-order valence-electron chi connectivity index (χ3n) is 2.64. The van der Waals surface area contributed by atoms with Gasteiger partial charge in [-0.3, -0.25) is 9.69 Å². The summed E-state index contributed by atoms with van der Waals surface area (Å²) in [4.78, 5) is 14.1. The van der Waals surface area contributed by atoms with Crippen LogP contribution in [0.25, 0.3) is 0 Å². The highest BCUT2D eigenvalue weighted by Crippen LogP contribution is 2.11. The van der Waals surface area contributed by atoms with Crippen LogP contribution in [0.4, 0.5) is 0 Å². The number of carbonyl (C=O) groups is 1. The van der Waals surface area contributed by atoms with Crippen molar-refractivity contribution in [2.24, 2.45) is 0 Å². The molecule has 2 rings (SSSR count). The number of morpholine rings is 1. The third kappa shape index (κ3) is 4.50. The fourth-order valence-electron chi connectivity index (χ4n) is 1.69. The molecule has 0 saturated carbocycles. The first-order valence-corrected chi connectivity index (χ1v) is 6.14. The van der Waals surface area contributed by atoms with Crippen LogP contribution in [0.5, 0.6) is 0 Å². The fourth-order valence-corrected chi connectivity index (χ4v) is 1.95. The third-order valence-corrected chi connectivity index (χ3v) is 3.17. The quantitative estimate of drug-likeness (QED) is 0.772. The molecule has 0 atom stereocenters. The Morgan fingerprint density at radius 2 is 1.82 bits per heavy atom. The Morgan fingerprint density at radius 3 is 2.41 bits per heavy atom. The first-order chi connectivity index (χ1) is 7.75. The number of Topliss-reactive ketones (excluding diaryl/α,β-unsaturated/α-hetero) is 1. The van der Waals surface area contributed by atoms with Crippen molar-refractivity contribution in [3.63, 3.8) is 0 Å². The number of ketones is 1. The molecule has 0 N–H and O–H groups in total. The summed E-state index contributed by atoms with van der Waals surface area (Å²) in [6, 6.07) is 7.50. The van der Waals surface area contributed by atoms with Gasteiger partial charge in [0.25, 0.3) is 0 Å². The van der Waals surface area contributed by atoms with Gasteiger partial charge in [0, 0.05) is 23.1 Å². The number of halogens is 2. The SMILES string of the molecule is Br.O=C(CN1CCOCC1)c1ccc(Br)cc1. The molecule has 1 saturated heterocycles. The number of ether oxygens (including phenoxy) is 1. The molecule has 1 aliphatic rings. The van der Waals surface area contributed by atoms with E-state index in [0.29, 0.717) is 6.54 Å². The standard InChI is InChI=1S/C12H14BrNO2.BrH/c13-11-3-1-10(2-4-11)12(15)9-14-5-7-16-8-6-14;/h1-4H,5-9H2;1H. The maximum Gasteiger partial charge on any atom is 0.176 e. The monoisotopic (exact) mass is 363 g/mol. The van der Waals surface area contributed by atoms with Gasteiger partial charge < -0.3 is 4.74 Å². The minimum Gasteiger partial charge on any atom is -0.379 e. The summed E-state index contributed by atoms with van der Waals surface area (Å²) < 4.78 is 6.24. The molecule has 1 fully saturated rings. The summed E-state index contributed by atoms with van der Waals surface area (Å²) in [5.41, 5.74) is 0.773. The first-order valence-electron chi connectivity index (χ1n) is 5.34. The molecule has 1 aromatic rings. The van der Waals surface area contributed by atoms with Gasteiger partial charge in [-0.25, -0.2) is 0 Å². The van der Waals surface area contributed by atoms with E-state index in [1.807, 2.05) is 24.3 Å². The van der Waals surface area contributed by atoms with E-state index in [9.17, 15) is 4.79 Å². The minimum atomic E-state index is 0. The first kappa shape index (κ1) is 14.8. The van der Waals surface area contributed by atoms with E-state index < -0.39 is 0 Å². The van der Waals surface area contributed by atoms with Gasteiger partial charge in [-0.05, 0) is 12.1 Å². The summed E-state index contributed by atoms with van der Waals surface area (Å²) in [5, 5.41) is 0. The van der Waals surface area contributed by atoms with E-state index in [1.54, 1.807) is 0 Å². The smallest absolute Gasteiger partial charge is 0.176 e. The van der Waals surface area contributed by atoms with Crippen LogP contribution in [0.2, 0.25) is 0 Å². The number of hydrogen-bond donors (Lipinski definition) is 0. The van der Waals surface area contributed by atoms with Gasteiger partial charge in [-0.15, -0.1) is 17.0 Å². The topological polar surface area (TPSA) is 29.5 Å². The van der Waals surface area contributed by atoms with Crippen molar-refractivity contribution in [1.29, 1.82) is 0 Å². The minimum absolute atomic E-state index is 0. The van der Waals surface area contributed by atoms with Crippen molar-refractivity contribution in [3.8, 4) is 0 Å². The highest BCUT2D eigenvalue weighted by Gasteiger charge is 2.15. The van der Waals surface area contributed by atoms with Gasteiger partial charge >= 0.3 is 0 Å². The second-order valence-corrected chi connectivity index (χ2v) is 4.73. The van der Waals surface area contributed by atoms with E-state index in [2.05, 4.69) is 20.8 Å². The Morgan fingerprint density at radius 1 is 1.24 bits per heavy atom. The molecule has 3 nitrogen and oxygen atoms in total. The second-order valence-electron chi connectivity index (χ2n) is 3.82. The molecule has 0 unspecified atom stereocenters. The Kier molecular flexibility index (Phi) is 6.33. The van der Waals surface area contributed by atoms with Crippen molar-refractivity contribution in [1.82, 2.24) is 4.90 Å². The van der Waals surface area contributed by atoms with Gasteiger partial charge in [0.05, 0.1) is 19.8 Å². The molecule has 94 valence electrons. The zero-order chi connectivity index (χ0) is 11.4. The summed E-state index contributed by atoms with van der Waals surface area (Å²) in [7, 11) is 0. The van der Waals surface area contributed by atoms with Crippen molar-refractivity contribution >= 4 is 38.7 Å². The normalized spacial score (nSPS) is 16.3. The van der Waals surface area contributed by atoms with E-state index in [0.717, 1.165) is 36.3 Å². The zero-order valence-electron chi connectivity index (χ0n) is 9.39. The van der Waals surface area contributed by atoms with Crippen LogP contribution in [0.3, 0.4) is 0 Å². The molecule has 0 aliphatic carbocycles. The molecule has 0 amide bonds. The molecular weight excluding hydrogens is 350 g/mol. The van der Waals surface area contributed by atoms with Crippen LogP contribution in [0.15, 0.2) is 28.7 Å². The number of carbonyl (C=O) groups excluding carboxylic acids is 1. The van der Waals surface area contributed by atoms with Gasteiger partial charge in [0.1, 0.15) is 0 Å². The molecule has 1 aliphatic heterocycles. The lowest BCUT2D eigenvalue weighted by Crippen LogP contribution is -2.39. The van der Waals surface area contributed by atoms with Crippen LogP contribution in [0, 0.1) is 0 Å². The zero-order valence-corrected chi connectivity index (χ0v) is 12.7. The van der Waals surface area contributed by atoms with Crippen LogP contribution in [0.1, 0.15) is 10.4 Å². The molecule has 0 radical (unpaired) electrons. The van der Waals surface area contributed by atoms with Gasteiger partial charge in [-0.2, -0.15) is 0 Å². The lowest BCUT2D eigenvalue weighted by Gasteiger charge is -2.25. The van der Waals surface area contributed by atoms with Crippen LogP contribution < -0.4 is 0 Å². The number of nitrogens with zero attached hydrogens (tertiary/aromatic N) is 1. The van der Waals surface area contributed by atoms with Crippen molar-refractivity contribution in [2.75, 3.05) is 32.8 Å². The highest BCUT2D eigenvalue weighted by molar-refractivity contribution is 9.10. The molecular formula is C12H15Br2NO2. The molecule has 17 heavy (non-hydrogen) atoms. The molecule has 5 heteroatoms. The van der Waals surface area contributed by atoms with E-state index in [4.69, 9.17) is 4.74 Å². The fraction of sp³-hybridized carbons (Fsp3) is 0.417. The Bertz CT molecular complexity index is 361. The van der Waals surface area contributed by atoms with Gasteiger partial charge in [0.15, 0.2) is 5.78 Å². The molecule has 0 bridgehead atoms. The number of benzene rings is 1. The molecule has 1 aromatic carbocycles. The molecule has 0 aromatic heterocycles.